The molecule has 0 atom stereocenters. The van der Waals surface area contributed by atoms with Crippen molar-refractivity contribution in [2.75, 3.05) is 6.61 Å². The van der Waals surface area contributed by atoms with E-state index in [1.54, 1.807) is 36.7 Å². The SMILES string of the molecule is CC(C)(CO)NC(=O)c1nn(-c2ccccc2F)c2c1CCC2. The van der Waals surface area contributed by atoms with Crippen LogP contribution in [0.3, 0.4) is 0 Å². The molecular weight excluding hydrogens is 297 g/mol. The predicted molar refractivity (Wildman–Crippen MR) is 84.2 cm³/mol. The number of nitrogens with one attached hydrogen (secondary N) is 1. The number of carbonyl (C=O) groups excluding carboxylic acids is 1. The third kappa shape index (κ3) is 2.86. The molecule has 0 fully saturated rings. The summed E-state index contributed by atoms with van der Waals surface area (Å²) in [5.41, 5.74) is 1.71. The summed E-state index contributed by atoms with van der Waals surface area (Å²) in [7, 11) is 0. The van der Waals surface area contributed by atoms with Crippen molar-refractivity contribution in [1.29, 1.82) is 0 Å². The number of hydrogen-bond donors (Lipinski definition) is 2. The molecule has 0 aliphatic heterocycles. The van der Waals surface area contributed by atoms with Gasteiger partial charge in [0.2, 0.25) is 0 Å². The molecule has 0 saturated heterocycles. The van der Waals surface area contributed by atoms with Crippen molar-refractivity contribution in [3.05, 3.63) is 47.0 Å². The van der Waals surface area contributed by atoms with E-state index in [9.17, 15) is 14.3 Å². The molecule has 122 valence electrons. The molecule has 0 radical (unpaired) electrons. The molecule has 1 amide bonds. The van der Waals surface area contributed by atoms with E-state index in [2.05, 4.69) is 10.4 Å². The first-order chi connectivity index (χ1) is 10.9. The maximum Gasteiger partial charge on any atom is 0.272 e. The summed E-state index contributed by atoms with van der Waals surface area (Å²) in [4.78, 5) is 12.5. The topological polar surface area (TPSA) is 67.2 Å². The van der Waals surface area contributed by atoms with E-state index >= 15 is 0 Å². The lowest BCUT2D eigenvalue weighted by Crippen LogP contribution is -2.46. The molecule has 1 aromatic heterocycles. The van der Waals surface area contributed by atoms with Crippen LogP contribution in [0.5, 0.6) is 0 Å². The number of rotatable bonds is 4. The average Bonchev–Trinajstić information content (AvgIpc) is 3.09. The van der Waals surface area contributed by atoms with E-state index in [1.165, 1.54) is 6.07 Å². The molecule has 0 spiro atoms. The summed E-state index contributed by atoms with van der Waals surface area (Å²) in [6.45, 7) is 3.30. The second-order valence-electron chi connectivity index (χ2n) is 6.49. The van der Waals surface area contributed by atoms with E-state index in [-0.39, 0.29) is 18.3 Å². The Morgan fingerprint density at radius 3 is 2.83 bits per heavy atom. The molecule has 2 N–H and O–H groups in total. The highest BCUT2D eigenvalue weighted by Gasteiger charge is 2.30. The number of aliphatic hydroxyl groups is 1. The van der Waals surface area contributed by atoms with Gasteiger partial charge < -0.3 is 10.4 Å². The van der Waals surface area contributed by atoms with Gasteiger partial charge in [-0.2, -0.15) is 5.10 Å². The van der Waals surface area contributed by atoms with Crippen LogP contribution in [0.1, 0.15) is 42.0 Å². The predicted octanol–water partition coefficient (Wildman–Crippen LogP) is 2.00. The summed E-state index contributed by atoms with van der Waals surface area (Å²) in [6, 6.07) is 6.41. The maximum atomic E-state index is 14.1. The summed E-state index contributed by atoms with van der Waals surface area (Å²) >= 11 is 0. The highest BCUT2D eigenvalue weighted by molar-refractivity contribution is 5.94. The summed E-state index contributed by atoms with van der Waals surface area (Å²) in [6.07, 6.45) is 2.45. The van der Waals surface area contributed by atoms with Crippen molar-refractivity contribution in [2.45, 2.75) is 38.6 Å². The monoisotopic (exact) mass is 317 g/mol. The van der Waals surface area contributed by atoms with Gasteiger partial charge in [-0.25, -0.2) is 9.07 Å². The molecule has 1 aliphatic rings. The molecule has 6 heteroatoms. The first kappa shape index (κ1) is 15.7. The van der Waals surface area contributed by atoms with Gasteiger partial charge in [0.15, 0.2) is 5.69 Å². The van der Waals surface area contributed by atoms with Crippen LogP contribution in [-0.4, -0.2) is 32.9 Å². The Morgan fingerprint density at radius 2 is 2.13 bits per heavy atom. The van der Waals surface area contributed by atoms with Crippen LogP contribution in [0, 0.1) is 5.82 Å². The van der Waals surface area contributed by atoms with Crippen molar-refractivity contribution in [1.82, 2.24) is 15.1 Å². The fourth-order valence-corrected chi connectivity index (χ4v) is 2.85. The zero-order valence-corrected chi connectivity index (χ0v) is 13.3. The van der Waals surface area contributed by atoms with Gasteiger partial charge in [-0.15, -0.1) is 0 Å². The molecule has 23 heavy (non-hydrogen) atoms. The van der Waals surface area contributed by atoms with E-state index in [1.807, 2.05) is 0 Å². The number of aliphatic hydroxyl groups excluding tert-OH is 1. The van der Waals surface area contributed by atoms with Gasteiger partial charge in [0.1, 0.15) is 11.5 Å². The molecule has 1 aliphatic carbocycles. The fraction of sp³-hybridized carbons (Fsp3) is 0.412. The number of nitrogens with zero attached hydrogens (tertiary/aromatic N) is 2. The van der Waals surface area contributed by atoms with Crippen LogP contribution in [0.25, 0.3) is 5.69 Å². The van der Waals surface area contributed by atoms with Crippen molar-refractivity contribution in [2.24, 2.45) is 0 Å². The molecular formula is C17H20FN3O2. The van der Waals surface area contributed by atoms with Gasteiger partial charge in [0, 0.05) is 11.3 Å². The first-order valence-electron chi connectivity index (χ1n) is 7.72. The van der Waals surface area contributed by atoms with Gasteiger partial charge in [-0.05, 0) is 45.2 Å². The number of fused-ring (bicyclic) bond motifs is 1. The molecule has 1 heterocycles. The van der Waals surface area contributed by atoms with Crippen molar-refractivity contribution < 1.29 is 14.3 Å². The molecule has 0 bridgehead atoms. The molecule has 0 saturated carbocycles. The maximum absolute atomic E-state index is 14.1. The molecule has 2 aromatic rings. The number of para-hydroxylation sites is 1. The van der Waals surface area contributed by atoms with Crippen LogP contribution < -0.4 is 5.32 Å². The quantitative estimate of drug-likeness (QED) is 0.906. The highest BCUT2D eigenvalue weighted by atomic mass is 19.1. The van der Waals surface area contributed by atoms with Gasteiger partial charge in [-0.3, -0.25) is 4.79 Å². The average molecular weight is 317 g/mol. The van der Waals surface area contributed by atoms with Gasteiger partial charge >= 0.3 is 0 Å². The summed E-state index contributed by atoms with van der Waals surface area (Å²) in [5.74, 6) is -0.704. The minimum atomic E-state index is -0.732. The Kier molecular flexibility index (Phi) is 3.93. The molecule has 5 nitrogen and oxygen atoms in total. The van der Waals surface area contributed by atoms with E-state index in [0.717, 1.165) is 30.5 Å². The third-order valence-electron chi connectivity index (χ3n) is 4.07. The second-order valence-corrected chi connectivity index (χ2v) is 6.49. The van der Waals surface area contributed by atoms with Gasteiger partial charge in [0.05, 0.1) is 12.1 Å². The lowest BCUT2D eigenvalue weighted by Gasteiger charge is -2.23. The Labute approximate surface area is 134 Å². The zero-order chi connectivity index (χ0) is 16.6. The number of aromatic nitrogens is 2. The van der Waals surface area contributed by atoms with E-state index in [4.69, 9.17) is 0 Å². The Morgan fingerprint density at radius 1 is 1.39 bits per heavy atom. The standard InChI is InChI=1S/C17H20FN3O2/c1-17(2,10-22)19-16(23)15-11-6-5-9-13(11)21(20-15)14-8-4-3-7-12(14)18/h3-4,7-8,22H,5-6,9-10H2,1-2H3,(H,19,23). The third-order valence-corrected chi connectivity index (χ3v) is 4.07. The van der Waals surface area contributed by atoms with Crippen molar-refractivity contribution >= 4 is 5.91 Å². The van der Waals surface area contributed by atoms with Crippen LogP contribution in [0.15, 0.2) is 24.3 Å². The Hall–Kier alpha value is -2.21. The van der Waals surface area contributed by atoms with Gasteiger partial charge in [-0.1, -0.05) is 12.1 Å². The van der Waals surface area contributed by atoms with Crippen LogP contribution in [0.4, 0.5) is 4.39 Å². The largest absolute Gasteiger partial charge is 0.394 e. The number of halogens is 1. The fourth-order valence-electron chi connectivity index (χ4n) is 2.85. The molecule has 0 unspecified atom stereocenters. The van der Waals surface area contributed by atoms with E-state index in [0.29, 0.717) is 11.4 Å². The number of benzene rings is 1. The first-order valence-corrected chi connectivity index (χ1v) is 7.72. The second kappa shape index (κ2) is 5.77. The van der Waals surface area contributed by atoms with Crippen LogP contribution in [0.2, 0.25) is 0 Å². The highest BCUT2D eigenvalue weighted by Crippen LogP contribution is 2.28. The minimum Gasteiger partial charge on any atom is -0.394 e. The number of carbonyl (C=O) groups is 1. The minimum absolute atomic E-state index is 0.172. The lowest BCUT2D eigenvalue weighted by molar-refractivity contribution is 0.0863. The van der Waals surface area contributed by atoms with Crippen molar-refractivity contribution in [3.63, 3.8) is 0 Å². The zero-order valence-electron chi connectivity index (χ0n) is 13.3. The smallest absolute Gasteiger partial charge is 0.272 e. The number of amides is 1. The van der Waals surface area contributed by atoms with Gasteiger partial charge in [0.25, 0.3) is 5.91 Å². The number of hydrogen-bond acceptors (Lipinski definition) is 3. The van der Waals surface area contributed by atoms with E-state index < -0.39 is 5.54 Å². The lowest BCUT2D eigenvalue weighted by atomic mass is 10.1. The summed E-state index contributed by atoms with van der Waals surface area (Å²) < 4.78 is 15.6. The van der Waals surface area contributed by atoms with Crippen molar-refractivity contribution in [3.8, 4) is 5.69 Å². The van der Waals surface area contributed by atoms with Crippen LogP contribution in [-0.2, 0) is 12.8 Å². The molecule has 1 aromatic carbocycles. The normalized spacial score (nSPS) is 13.9. The Bertz CT molecular complexity index is 752. The van der Waals surface area contributed by atoms with Crippen LogP contribution >= 0.6 is 0 Å². The molecule has 3 rings (SSSR count). The summed E-state index contributed by atoms with van der Waals surface area (Å²) in [5, 5.41) is 16.5. The Balaban J connectivity index is 2.03.